The summed E-state index contributed by atoms with van der Waals surface area (Å²) in [7, 11) is 1.70. The van der Waals surface area contributed by atoms with Crippen molar-refractivity contribution in [1.29, 1.82) is 0 Å². The number of hydrogen-bond donors (Lipinski definition) is 1. The van der Waals surface area contributed by atoms with Gasteiger partial charge in [0.15, 0.2) is 0 Å². The quantitative estimate of drug-likeness (QED) is 0.617. The maximum absolute atomic E-state index is 10.9. The molecule has 1 amide bonds. The topological polar surface area (TPSA) is 29.1 Å². The lowest BCUT2D eigenvalue weighted by Gasteiger charge is -2.37. The van der Waals surface area contributed by atoms with Gasteiger partial charge in [0.2, 0.25) is 5.91 Å². The molecule has 0 atom stereocenters. The highest BCUT2D eigenvalue weighted by Crippen LogP contribution is 2.42. The second kappa shape index (κ2) is 2.60. The molecule has 2 nitrogen and oxygen atoms in total. The summed E-state index contributed by atoms with van der Waals surface area (Å²) in [6, 6.07) is 0. The van der Waals surface area contributed by atoms with E-state index in [9.17, 15) is 4.79 Å². The van der Waals surface area contributed by atoms with Crippen LogP contribution in [0.5, 0.6) is 0 Å². The van der Waals surface area contributed by atoms with Crippen molar-refractivity contribution in [2.45, 2.75) is 32.6 Å². The molecule has 58 valence electrons. The molecule has 0 aliphatic heterocycles. The van der Waals surface area contributed by atoms with E-state index >= 15 is 0 Å². The van der Waals surface area contributed by atoms with E-state index in [-0.39, 0.29) is 5.91 Å². The van der Waals surface area contributed by atoms with E-state index in [1.165, 1.54) is 19.3 Å². The largest absolute Gasteiger partial charge is 0.359 e. The van der Waals surface area contributed by atoms with Gasteiger partial charge in [0.1, 0.15) is 0 Å². The van der Waals surface area contributed by atoms with Crippen molar-refractivity contribution >= 4 is 5.91 Å². The van der Waals surface area contributed by atoms with E-state index in [0.29, 0.717) is 11.8 Å². The average Bonchev–Trinajstić information content (AvgIpc) is 1.84. The average molecular weight is 141 g/mol. The molecule has 0 unspecified atom stereocenters. The smallest absolute Gasteiger partial charge is 0.220 e. The zero-order chi connectivity index (χ0) is 7.61. The molecule has 0 bridgehead atoms. The van der Waals surface area contributed by atoms with Gasteiger partial charge in [0.05, 0.1) is 0 Å². The molecule has 1 rings (SSSR count). The third-order valence-electron chi connectivity index (χ3n) is 2.43. The molecule has 1 aliphatic carbocycles. The van der Waals surface area contributed by atoms with Crippen molar-refractivity contribution in [3.63, 3.8) is 0 Å². The molecule has 1 N–H and O–H groups in total. The van der Waals surface area contributed by atoms with E-state index in [4.69, 9.17) is 0 Å². The van der Waals surface area contributed by atoms with Crippen LogP contribution in [0.25, 0.3) is 0 Å². The normalized spacial score (nSPS) is 21.4. The molecule has 1 fully saturated rings. The van der Waals surface area contributed by atoms with Gasteiger partial charge >= 0.3 is 0 Å². The number of carbonyl (C=O) groups excluding carboxylic acids is 1. The van der Waals surface area contributed by atoms with Crippen LogP contribution in [-0.4, -0.2) is 13.0 Å². The summed E-state index contributed by atoms with van der Waals surface area (Å²) in [5.41, 5.74) is 0.333. The van der Waals surface area contributed by atoms with Gasteiger partial charge in [-0.05, 0) is 18.3 Å². The predicted octanol–water partition coefficient (Wildman–Crippen LogP) is 1.31. The van der Waals surface area contributed by atoms with Crippen molar-refractivity contribution in [2.24, 2.45) is 5.41 Å². The Morgan fingerprint density at radius 2 is 2.20 bits per heavy atom. The van der Waals surface area contributed by atoms with Gasteiger partial charge in [0, 0.05) is 13.5 Å². The fourth-order valence-electron chi connectivity index (χ4n) is 1.43. The van der Waals surface area contributed by atoms with Crippen LogP contribution in [0.3, 0.4) is 0 Å². The Labute approximate surface area is 62.0 Å². The van der Waals surface area contributed by atoms with Gasteiger partial charge < -0.3 is 5.32 Å². The lowest BCUT2D eigenvalue weighted by Crippen LogP contribution is -2.32. The first-order chi connectivity index (χ1) is 4.66. The van der Waals surface area contributed by atoms with Crippen LogP contribution in [0.15, 0.2) is 0 Å². The van der Waals surface area contributed by atoms with E-state index in [2.05, 4.69) is 12.2 Å². The van der Waals surface area contributed by atoms with Gasteiger partial charge in [-0.3, -0.25) is 4.79 Å². The first-order valence-electron chi connectivity index (χ1n) is 3.87. The molecule has 0 aromatic heterocycles. The monoisotopic (exact) mass is 141 g/mol. The summed E-state index contributed by atoms with van der Waals surface area (Å²) in [6.45, 7) is 2.19. The minimum absolute atomic E-state index is 0.183. The third-order valence-corrected chi connectivity index (χ3v) is 2.43. The van der Waals surface area contributed by atoms with Crippen LogP contribution < -0.4 is 5.32 Å². The Hall–Kier alpha value is -0.530. The van der Waals surface area contributed by atoms with Crippen LogP contribution in [0.2, 0.25) is 0 Å². The van der Waals surface area contributed by atoms with E-state index < -0.39 is 0 Å². The maximum Gasteiger partial charge on any atom is 0.220 e. The van der Waals surface area contributed by atoms with Crippen molar-refractivity contribution in [2.75, 3.05) is 7.05 Å². The van der Waals surface area contributed by atoms with Crippen LogP contribution in [0.1, 0.15) is 32.6 Å². The van der Waals surface area contributed by atoms with Gasteiger partial charge in [-0.1, -0.05) is 13.3 Å². The van der Waals surface area contributed by atoms with Crippen LogP contribution in [-0.2, 0) is 4.79 Å². The minimum atomic E-state index is 0.183. The standard InChI is InChI=1S/C8H15NO/c1-8(4-3-5-8)6-7(10)9-2/h3-6H2,1-2H3,(H,9,10). The van der Waals surface area contributed by atoms with Gasteiger partial charge in [-0.15, -0.1) is 0 Å². The summed E-state index contributed by atoms with van der Waals surface area (Å²) >= 11 is 0. The Morgan fingerprint density at radius 1 is 1.60 bits per heavy atom. The number of hydrogen-bond acceptors (Lipinski definition) is 1. The van der Waals surface area contributed by atoms with E-state index in [0.717, 1.165) is 0 Å². The number of carbonyl (C=O) groups is 1. The Bertz CT molecular complexity index is 138. The van der Waals surface area contributed by atoms with Crippen LogP contribution in [0.4, 0.5) is 0 Å². The molecule has 1 aliphatic rings. The highest BCUT2D eigenvalue weighted by Gasteiger charge is 2.33. The second-order valence-electron chi connectivity index (χ2n) is 3.51. The molecule has 0 radical (unpaired) electrons. The van der Waals surface area contributed by atoms with Crippen molar-refractivity contribution in [3.8, 4) is 0 Å². The zero-order valence-corrected chi connectivity index (χ0v) is 6.74. The van der Waals surface area contributed by atoms with Crippen LogP contribution in [0, 0.1) is 5.41 Å². The third kappa shape index (κ3) is 1.49. The molecule has 1 saturated carbocycles. The minimum Gasteiger partial charge on any atom is -0.359 e. The van der Waals surface area contributed by atoms with Crippen molar-refractivity contribution < 1.29 is 4.79 Å². The summed E-state index contributed by atoms with van der Waals surface area (Å²) in [5, 5.41) is 2.65. The SMILES string of the molecule is CNC(=O)CC1(C)CCC1. The maximum atomic E-state index is 10.9. The zero-order valence-electron chi connectivity index (χ0n) is 6.74. The molecule has 0 spiro atoms. The first kappa shape index (κ1) is 7.58. The van der Waals surface area contributed by atoms with Crippen molar-refractivity contribution in [3.05, 3.63) is 0 Å². The number of rotatable bonds is 2. The Kier molecular flexibility index (Phi) is 1.97. The van der Waals surface area contributed by atoms with E-state index in [1.807, 2.05) is 0 Å². The van der Waals surface area contributed by atoms with E-state index in [1.54, 1.807) is 7.05 Å². The molecule has 0 aromatic carbocycles. The summed E-state index contributed by atoms with van der Waals surface area (Å²) < 4.78 is 0. The summed E-state index contributed by atoms with van der Waals surface area (Å²) in [4.78, 5) is 10.9. The van der Waals surface area contributed by atoms with Crippen molar-refractivity contribution in [1.82, 2.24) is 5.32 Å². The van der Waals surface area contributed by atoms with Crippen LogP contribution >= 0.6 is 0 Å². The summed E-state index contributed by atoms with van der Waals surface area (Å²) in [5.74, 6) is 0.183. The molecular weight excluding hydrogens is 126 g/mol. The first-order valence-corrected chi connectivity index (χ1v) is 3.87. The number of nitrogens with one attached hydrogen (secondary N) is 1. The molecule has 0 saturated heterocycles. The Balaban J connectivity index is 2.29. The lowest BCUT2D eigenvalue weighted by atomic mass is 9.68. The van der Waals surface area contributed by atoms with Gasteiger partial charge in [0.25, 0.3) is 0 Å². The van der Waals surface area contributed by atoms with Gasteiger partial charge in [-0.25, -0.2) is 0 Å². The highest BCUT2D eigenvalue weighted by molar-refractivity contribution is 5.76. The fourth-order valence-corrected chi connectivity index (χ4v) is 1.43. The number of amides is 1. The molecule has 0 aromatic rings. The molecule has 0 heterocycles. The molecule has 10 heavy (non-hydrogen) atoms. The Morgan fingerprint density at radius 3 is 2.50 bits per heavy atom. The van der Waals surface area contributed by atoms with Gasteiger partial charge in [-0.2, -0.15) is 0 Å². The fraction of sp³-hybridized carbons (Fsp3) is 0.875. The molecule has 2 heteroatoms. The predicted molar refractivity (Wildman–Crippen MR) is 40.6 cm³/mol. The second-order valence-corrected chi connectivity index (χ2v) is 3.51. The molecular formula is C8H15NO. The highest BCUT2D eigenvalue weighted by atomic mass is 16.1. The summed E-state index contributed by atoms with van der Waals surface area (Å²) in [6.07, 6.45) is 4.46. The lowest BCUT2D eigenvalue weighted by molar-refractivity contribution is -0.124.